The first kappa shape index (κ1) is 27.9. The van der Waals surface area contributed by atoms with Gasteiger partial charge in [-0.2, -0.15) is 0 Å². The third-order valence-electron chi connectivity index (χ3n) is 7.03. The van der Waals surface area contributed by atoms with Crippen LogP contribution in [-0.4, -0.2) is 49.9 Å². The number of rotatable bonds is 5. The van der Waals surface area contributed by atoms with Crippen molar-refractivity contribution in [1.29, 1.82) is 0 Å². The minimum atomic E-state index is -1.19. The Morgan fingerprint density at radius 3 is 2.57 bits per heavy atom. The number of amidine groups is 1. The molecule has 13 heteroatoms. The van der Waals surface area contributed by atoms with Crippen molar-refractivity contribution in [1.82, 2.24) is 25.3 Å². The number of halogens is 4. The molecule has 1 fully saturated rings. The smallest absolute Gasteiger partial charge is 0.257 e. The number of nitrogens with one attached hydrogen (secondary N) is 1. The van der Waals surface area contributed by atoms with Crippen LogP contribution in [0.4, 0.5) is 19.1 Å². The molecule has 2 aromatic carbocycles. The first-order valence-electron chi connectivity index (χ1n) is 12.8. The zero-order chi connectivity index (χ0) is 29.3. The normalized spacial score (nSPS) is 20.2. The Bertz CT molecular complexity index is 1690. The number of thioether (sulfide) groups is 1. The van der Waals surface area contributed by atoms with Gasteiger partial charge in [0.25, 0.3) is 5.91 Å². The summed E-state index contributed by atoms with van der Waals surface area (Å²) >= 11 is 7.11. The molecule has 2 atom stereocenters. The van der Waals surface area contributed by atoms with Crippen molar-refractivity contribution >= 4 is 52.3 Å². The molecule has 0 saturated carbocycles. The predicted octanol–water partition coefficient (Wildman–Crippen LogP) is 5.53. The van der Waals surface area contributed by atoms with Crippen LogP contribution in [0.1, 0.15) is 27.2 Å². The van der Waals surface area contributed by atoms with Gasteiger partial charge in [-0.1, -0.05) is 47.6 Å². The number of hydrogen-bond donors (Lipinski definition) is 1. The lowest BCUT2D eigenvalue weighted by Gasteiger charge is -2.35. The Hall–Kier alpha value is -4.29. The highest BCUT2D eigenvalue weighted by Gasteiger charge is 2.52. The van der Waals surface area contributed by atoms with Gasteiger partial charge in [0.15, 0.2) is 16.8 Å². The Balaban J connectivity index is 1.41. The van der Waals surface area contributed by atoms with Crippen molar-refractivity contribution < 1.29 is 18.0 Å². The second kappa shape index (κ2) is 11.5. The number of carbonyl (C=O) groups excluding carboxylic acids is 1. The standard InChI is InChI=1S/C29H21ClF3N7OS/c30-25-13-34-24(12-35-25)23(33)9-17-6-7-22(32)21(8-17)29-16-40(27-36-10-20(31)11-37-27)14-19(29)15-42-28(39-29)38-26(41)18-4-2-1-3-5-18/h1-13,19H,14-16H2,(H,38,39,41)/b23-9-/t19-,29-/m0/s1. The monoisotopic (exact) mass is 607 g/mol. The van der Waals surface area contributed by atoms with Crippen LogP contribution in [0, 0.1) is 17.6 Å². The Kier molecular flexibility index (Phi) is 7.65. The quantitative estimate of drug-likeness (QED) is 0.319. The summed E-state index contributed by atoms with van der Waals surface area (Å²) < 4.78 is 44.3. The van der Waals surface area contributed by atoms with Gasteiger partial charge in [-0.25, -0.2) is 38.1 Å². The molecular weight excluding hydrogens is 587 g/mol. The van der Waals surface area contributed by atoms with Gasteiger partial charge in [-0.05, 0) is 35.9 Å². The van der Waals surface area contributed by atoms with Crippen LogP contribution in [-0.2, 0) is 5.54 Å². The van der Waals surface area contributed by atoms with Gasteiger partial charge in [-0.15, -0.1) is 0 Å². The number of fused-ring (bicyclic) bond motifs is 1. The molecule has 0 aliphatic carbocycles. The highest BCUT2D eigenvalue weighted by Crippen LogP contribution is 2.47. The molecule has 0 radical (unpaired) electrons. The van der Waals surface area contributed by atoms with Crippen molar-refractivity contribution in [2.45, 2.75) is 5.54 Å². The van der Waals surface area contributed by atoms with Crippen LogP contribution in [0.3, 0.4) is 0 Å². The van der Waals surface area contributed by atoms with E-state index in [1.807, 2.05) is 4.90 Å². The second-order valence-electron chi connectivity index (χ2n) is 9.71. The summed E-state index contributed by atoms with van der Waals surface area (Å²) in [5.74, 6) is -1.65. The van der Waals surface area contributed by atoms with Gasteiger partial charge < -0.3 is 10.2 Å². The van der Waals surface area contributed by atoms with E-state index in [9.17, 15) is 9.18 Å². The molecule has 1 saturated heterocycles. The molecule has 42 heavy (non-hydrogen) atoms. The largest absolute Gasteiger partial charge is 0.338 e. The number of hydrogen-bond acceptors (Lipinski definition) is 8. The van der Waals surface area contributed by atoms with Crippen molar-refractivity contribution in [3.63, 3.8) is 0 Å². The van der Waals surface area contributed by atoms with Gasteiger partial charge in [0.2, 0.25) is 5.95 Å². The lowest BCUT2D eigenvalue weighted by atomic mass is 9.81. The third kappa shape index (κ3) is 5.59. The molecule has 1 amide bonds. The summed E-state index contributed by atoms with van der Waals surface area (Å²) in [4.78, 5) is 35.7. The minimum absolute atomic E-state index is 0.0280. The fourth-order valence-electron chi connectivity index (χ4n) is 5.04. The van der Waals surface area contributed by atoms with E-state index in [2.05, 4.69) is 25.3 Å². The molecule has 0 spiro atoms. The maximum Gasteiger partial charge on any atom is 0.257 e. The topological polar surface area (TPSA) is 96.3 Å². The number of amides is 1. The summed E-state index contributed by atoms with van der Waals surface area (Å²) in [6.45, 7) is 0.542. The number of anilines is 1. The molecular formula is C29H21ClF3N7OS. The van der Waals surface area contributed by atoms with E-state index in [0.717, 1.165) is 12.4 Å². The molecule has 2 aliphatic heterocycles. The molecule has 6 rings (SSSR count). The molecule has 212 valence electrons. The summed E-state index contributed by atoms with van der Waals surface area (Å²) in [5.41, 5.74) is -0.183. The van der Waals surface area contributed by atoms with Gasteiger partial charge in [0.1, 0.15) is 22.2 Å². The van der Waals surface area contributed by atoms with Crippen LogP contribution in [0.2, 0.25) is 5.15 Å². The number of nitrogens with zero attached hydrogens (tertiary/aromatic N) is 6. The molecule has 0 unspecified atom stereocenters. The summed E-state index contributed by atoms with van der Waals surface area (Å²) in [6, 6.07) is 12.9. The summed E-state index contributed by atoms with van der Waals surface area (Å²) in [6.07, 6.45) is 5.79. The zero-order valence-corrected chi connectivity index (χ0v) is 23.3. The average Bonchev–Trinajstić information content (AvgIpc) is 3.39. The first-order valence-corrected chi connectivity index (χ1v) is 14.1. The number of carbonyl (C=O) groups is 1. The fourth-order valence-corrected chi connectivity index (χ4v) is 6.27. The SMILES string of the molecule is O=C(NC1=N[C@@]2(c3cc(/C=C(\F)c4cnc(Cl)cn4)ccc3F)CN(c3ncc(F)cn3)C[C@H]2CS1)c1ccccc1. The molecule has 2 aliphatic rings. The lowest BCUT2D eigenvalue weighted by molar-refractivity contribution is 0.0977. The van der Waals surface area contributed by atoms with Crippen molar-refractivity contribution in [2.24, 2.45) is 10.9 Å². The van der Waals surface area contributed by atoms with Gasteiger partial charge in [0, 0.05) is 29.3 Å². The van der Waals surface area contributed by atoms with Crippen molar-refractivity contribution in [3.05, 3.63) is 112 Å². The molecule has 2 aromatic heterocycles. The van der Waals surface area contributed by atoms with Crippen LogP contribution < -0.4 is 10.2 Å². The molecule has 4 heterocycles. The van der Waals surface area contributed by atoms with E-state index in [4.69, 9.17) is 16.6 Å². The number of aliphatic imine (C=N–C) groups is 1. The third-order valence-corrected chi connectivity index (χ3v) is 8.26. The average molecular weight is 608 g/mol. The van der Waals surface area contributed by atoms with E-state index in [-0.39, 0.29) is 40.7 Å². The number of benzene rings is 2. The molecule has 0 bridgehead atoms. The van der Waals surface area contributed by atoms with E-state index < -0.39 is 23.0 Å². The fraction of sp³-hybridized carbons (Fsp3) is 0.172. The van der Waals surface area contributed by atoms with E-state index in [1.165, 1.54) is 48.4 Å². The Morgan fingerprint density at radius 2 is 1.83 bits per heavy atom. The van der Waals surface area contributed by atoms with Crippen LogP contribution in [0.25, 0.3) is 11.9 Å². The zero-order valence-electron chi connectivity index (χ0n) is 21.7. The van der Waals surface area contributed by atoms with Crippen LogP contribution in [0.15, 0.2) is 78.3 Å². The Labute approximate surface area is 247 Å². The summed E-state index contributed by atoms with van der Waals surface area (Å²) in [5, 5.41) is 3.30. The van der Waals surface area contributed by atoms with Crippen molar-refractivity contribution in [2.75, 3.05) is 23.7 Å². The highest BCUT2D eigenvalue weighted by atomic mass is 35.5. The maximum atomic E-state index is 15.7. The van der Waals surface area contributed by atoms with Crippen molar-refractivity contribution in [3.8, 4) is 0 Å². The van der Waals surface area contributed by atoms with E-state index >= 15 is 8.78 Å². The van der Waals surface area contributed by atoms with Gasteiger partial charge in [-0.3, -0.25) is 4.79 Å². The van der Waals surface area contributed by atoms with E-state index in [1.54, 1.807) is 30.3 Å². The molecule has 4 aromatic rings. The van der Waals surface area contributed by atoms with Crippen LogP contribution >= 0.6 is 23.4 Å². The first-order chi connectivity index (χ1) is 20.3. The van der Waals surface area contributed by atoms with E-state index in [0.29, 0.717) is 28.6 Å². The molecule has 8 nitrogen and oxygen atoms in total. The molecule has 1 N–H and O–H groups in total. The summed E-state index contributed by atoms with van der Waals surface area (Å²) in [7, 11) is 0. The van der Waals surface area contributed by atoms with Gasteiger partial charge >= 0.3 is 0 Å². The predicted molar refractivity (Wildman–Crippen MR) is 156 cm³/mol. The Morgan fingerprint density at radius 1 is 1.05 bits per heavy atom. The lowest BCUT2D eigenvalue weighted by Crippen LogP contribution is -2.43. The minimum Gasteiger partial charge on any atom is -0.338 e. The second-order valence-corrected chi connectivity index (χ2v) is 11.1. The maximum absolute atomic E-state index is 15.7. The van der Waals surface area contributed by atoms with Crippen LogP contribution in [0.5, 0.6) is 0 Å². The van der Waals surface area contributed by atoms with Gasteiger partial charge in [0.05, 0.1) is 31.3 Å². The number of aromatic nitrogens is 4. The highest BCUT2D eigenvalue weighted by molar-refractivity contribution is 8.13.